The Labute approximate surface area is 105 Å². The first-order chi connectivity index (χ1) is 8.86. The fourth-order valence-electron chi connectivity index (χ4n) is 1.44. The zero-order valence-electron chi connectivity index (χ0n) is 9.42. The van der Waals surface area contributed by atoms with Gasteiger partial charge in [-0.3, -0.25) is 0 Å². The lowest BCUT2D eigenvalue weighted by atomic mass is 10.1. The summed E-state index contributed by atoms with van der Waals surface area (Å²) in [5, 5.41) is 12.0. The minimum absolute atomic E-state index is 0.0863. The van der Waals surface area contributed by atoms with Crippen molar-refractivity contribution in [1.29, 1.82) is 0 Å². The summed E-state index contributed by atoms with van der Waals surface area (Å²) in [7, 11) is 0. The van der Waals surface area contributed by atoms with Crippen LogP contribution in [-0.2, 0) is 12.7 Å². The van der Waals surface area contributed by atoms with Crippen molar-refractivity contribution in [3.8, 4) is 0 Å². The van der Waals surface area contributed by atoms with E-state index in [0.29, 0.717) is 5.56 Å². The van der Waals surface area contributed by atoms with Crippen molar-refractivity contribution >= 4 is 5.97 Å². The van der Waals surface area contributed by atoms with Gasteiger partial charge in [0.05, 0.1) is 12.1 Å². The fourth-order valence-corrected chi connectivity index (χ4v) is 1.44. The average Bonchev–Trinajstić information content (AvgIpc) is 2.78. The van der Waals surface area contributed by atoms with Crippen LogP contribution in [0.2, 0.25) is 0 Å². The Hall–Kier alpha value is -2.38. The van der Waals surface area contributed by atoms with Crippen LogP contribution in [0.4, 0.5) is 13.2 Å². The molecule has 2 aromatic rings. The molecule has 0 spiro atoms. The van der Waals surface area contributed by atoms with E-state index in [1.807, 2.05) is 0 Å². The van der Waals surface area contributed by atoms with Gasteiger partial charge in [0.15, 0.2) is 0 Å². The number of halogens is 3. The van der Waals surface area contributed by atoms with E-state index < -0.39 is 18.0 Å². The first kappa shape index (κ1) is 13.1. The number of hydrogen-bond acceptors (Lipinski definition) is 3. The van der Waals surface area contributed by atoms with Crippen molar-refractivity contribution < 1.29 is 23.1 Å². The van der Waals surface area contributed by atoms with Crippen LogP contribution in [0.15, 0.2) is 30.6 Å². The van der Waals surface area contributed by atoms with Crippen molar-refractivity contribution in [2.75, 3.05) is 0 Å². The zero-order valence-corrected chi connectivity index (χ0v) is 9.42. The van der Waals surface area contributed by atoms with Gasteiger partial charge in [-0.2, -0.15) is 13.2 Å². The Bertz CT molecular complexity index is 590. The maximum Gasteiger partial charge on any atom is 0.453 e. The SMILES string of the molecule is O=C(O)c1ccc(Cn2cnc(C(F)(F)F)n2)cc1. The van der Waals surface area contributed by atoms with E-state index in [1.54, 1.807) is 0 Å². The Kier molecular flexibility index (Phi) is 3.24. The Morgan fingerprint density at radius 3 is 2.37 bits per heavy atom. The van der Waals surface area contributed by atoms with Crippen LogP contribution in [-0.4, -0.2) is 25.8 Å². The molecule has 0 unspecified atom stereocenters. The Morgan fingerprint density at radius 1 is 1.26 bits per heavy atom. The van der Waals surface area contributed by atoms with E-state index in [9.17, 15) is 18.0 Å². The standard InChI is InChI=1S/C11H8F3N3O2/c12-11(13,14)10-15-6-17(16-10)5-7-1-3-8(4-2-7)9(18)19/h1-4,6H,5H2,(H,18,19). The van der Waals surface area contributed by atoms with Gasteiger partial charge in [0.25, 0.3) is 5.82 Å². The summed E-state index contributed by atoms with van der Waals surface area (Å²) in [4.78, 5) is 13.8. The molecular weight excluding hydrogens is 263 g/mol. The molecule has 1 aromatic carbocycles. The highest BCUT2D eigenvalue weighted by Crippen LogP contribution is 2.25. The largest absolute Gasteiger partial charge is 0.478 e. The van der Waals surface area contributed by atoms with Gasteiger partial charge in [0, 0.05) is 0 Å². The van der Waals surface area contributed by atoms with Crippen molar-refractivity contribution in [3.63, 3.8) is 0 Å². The maximum atomic E-state index is 12.3. The molecule has 8 heteroatoms. The van der Waals surface area contributed by atoms with E-state index in [1.165, 1.54) is 24.3 Å². The molecule has 100 valence electrons. The smallest absolute Gasteiger partial charge is 0.453 e. The van der Waals surface area contributed by atoms with Crippen LogP contribution in [0.5, 0.6) is 0 Å². The molecule has 1 N–H and O–H groups in total. The van der Waals surface area contributed by atoms with Gasteiger partial charge >= 0.3 is 12.1 Å². The van der Waals surface area contributed by atoms with E-state index in [2.05, 4.69) is 10.1 Å². The van der Waals surface area contributed by atoms with E-state index in [4.69, 9.17) is 5.11 Å². The molecule has 0 bridgehead atoms. The normalized spacial score (nSPS) is 11.5. The summed E-state index contributed by atoms with van der Waals surface area (Å²) in [6.07, 6.45) is -3.59. The molecule has 0 saturated carbocycles. The molecule has 0 amide bonds. The van der Waals surface area contributed by atoms with Crippen LogP contribution in [0.25, 0.3) is 0 Å². The summed E-state index contributed by atoms with van der Waals surface area (Å²) in [5.41, 5.74) is 0.738. The van der Waals surface area contributed by atoms with Crippen molar-refractivity contribution in [2.24, 2.45) is 0 Å². The first-order valence-corrected chi connectivity index (χ1v) is 5.15. The summed E-state index contributed by atoms with van der Waals surface area (Å²) in [5.74, 6) is -2.26. The highest BCUT2D eigenvalue weighted by Gasteiger charge is 2.35. The molecule has 1 heterocycles. The number of aromatic nitrogens is 3. The molecule has 0 aliphatic heterocycles. The third-order valence-corrected chi connectivity index (χ3v) is 2.34. The number of aromatic carboxylic acids is 1. The topological polar surface area (TPSA) is 68.0 Å². The van der Waals surface area contributed by atoms with Gasteiger partial charge in [0.2, 0.25) is 0 Å². The number of nitrogens with zero attached hydrogens (tertiary/aromatic N) is 3. The monoisotopic (exact) mass is 271 g/mol. The number of carboxylic acid groups (broad SMARTS) is 1. The highest BCUT2D eigenvalue weighted by atomic mass is 19.4. The second kappa shape index (κ2) is 4.71. The van der Waals surface area contributed by atoms with Crippen LogP contribution < -0.4 is 0 Å². The maximum absolute atomic E-state index is 12.3. The number of alkyl halides is 3. The van der Waals surface area contributed by atoms with Crippen molar-refractivity contribution in [2.45, 2.75) is 12.7 Å². The van der Waals surface area contributed by atoms with Crippen LogP contribution in [0, 0.1) is 0 Å². The first-order valence-electron chi connectivity index (χ1n) is 5.15. The third-order valence-electron chi connectivity index (χ3n) is 2.34. The molecule has 0 fully saturated rings. The Morgan fingerprint density at radius 2 is 1.89 bits per heavy atom. The van der Waals surface area contributed by atoms with E-state index in [-0.39, 0.29) is 12.1 Å². The quantitative estimate of drug-likeness (QED) is 0.927. The fraction of sp³-hybridized carbons (Fsp3) is 0.182. The minimum Gasteiger partial charge on any atom is -0.478 e. The van der Waals surface area contributed by atoms with Gasteiger partial charge in [0.1, 0.15) is 6.33 Å². The molecule has 0 atom stereocenters. The molecule has 5 nitrogen and oxygen atoms in total. The lowest BCUT2D eigenvalue weighted by Crippen LogP contribution is -2.09. The lowest BCUT2D eigenvalue weighted by Gasteiger charge is -2.02. The Balaban J connectivity index is 2.13. The van der Waals surface area contributed by atoms with Crippen molar-refractivity contribution in [1.82, 2.24) is 14.8 Å². The molecular formula is C11H8F3N3O2. The van der Waals surface area contributed by atoms with Gasteiger partial charge < -0.3 is 5.11 Å². The molecule has 1 aromatic heterocycles. The summed E-state index contributed by atoms with van der Waals surface area (Å²) in [6, 6.07) is 5.77. The van der Waals surface area contributed by atoms with Crippen LogP contribution >= 0.6 is 0 Å². The van der Waals surface area contributed by atoms with Gasteiger partial charge in [-0.15, -0.1) is 5.10 Å². The number of benzene rings is 1. The zero-order chi connectivity index (χ0) is 14.0. The van der Waals surface area contributed by atoms with E-state index >= 15 is 0 Å². The third kappa shape index (κ3) is 3.09. The van der Waals surface area contributed by atoms with Gasteiger partial charge in [-0.05, 0) is 17.7 Å². The predicted molar refractivity (Wildman–Crippen MR) is 57.5 cm³/mol. The summed E-state index contributed by atoms with van der Waals surface area (Å²) >= 11 is 0. The number of carbonyl (C=O) groups is 1. The molecule has 0 saturated heterocycles. The molecule has 19 heavy (non-hydrogen) atoms. The van der Waals surface area contributed by atoms with Crippen LogP contribution in [0.3, 0.4) is 0 Å². The highest BCUT2D eigenvalue weighted by molar-refractivity contribution is 5.87. The predicted octanol–water partition coefficient (Wildman–Crippen LogP) is 2.04. The van der Waals surface area contributed by atoms with Gasteiger partial charge in [-0.25, -0.2) is 14.5 Å². The molecule has 2 rings (SSSR count). The van der Waals surface area contributed by atoms with Gasteiger partial charge in [-0.1, -0.05) is 12.1 Å². The molecule has 0 aliphatic rings. The lowest BCUT2D eigenvalue weighted by molar-refractivity contribution is -0.145. The second-order valence-electron chi connectivity index (χ2n) is 3.77. The minimum atomic E-state index is -4.57. The number of rotatable bonds is 3. The van der Waals surface area contributed by atoms with Crippen molar-refractivity contribution in [3.05, 3.63) is 47.5 Å². The second-order valence-corrected chi connectivity index (χ2v) is 3.77. The van der Waals surface area contributed by atoms with E-state index in [0.717, 1.165) is 11.0 Å². The average molecular weight is 271 g/mol. The van der Waals surface area contributed by atoms with Crippen LogP contribution in [0.1, 0.15) is 21.7 Å². The summed E-state index contributed by atoms with van der Waals surface area (Å²) < 4.78 is 37.9. The molecule has 0 radical (unpaired) electrons. The summed E-state index contributed by atoms with van der Waals surface area (Å²) in [6.45, 7) is 0.0863. The molecule has 0 aliphatic carbocycles. The number of hydrogen-bond donors (Lipinski definition) is 1. The number of carboxylic acids is 1.